The molecule has 3 heteroatoms. The van der Waals surface area contributed by atoms with Crippen LogP contribution < -0.4 is 0 Å². The molecule has 8 heavy (non-hydrogen) atoms. The SMILES string of the molecule is [Si][Si]O/C=C/C1CC1. The van der Waals surface area contributed by atoms with Crippen LogP contribution in [0.3, 0.4) is 0 Å². The van der Waals surface area contributed by atoms with Gasteiger partial charge >= 0.3 is 0 Å². The fourth-order valence-electron chi connectivity index (χ4n) is 0.473. The molecule has 1 aliphatic rings. The van der Waals surface area contributed by atoms with Gasteiger partial charge in [0.1, 0.15) is 0 Å². The maximum Gasteiger partial charge on any atom is 0.277 e. The number of hydrogen-bond acceptors (Lipinski definition) is 1. The first-order chi connectivity index (χ1) is 3.93. The average molecular weight is 139 g/mol. The molecule has 0 aromatic rings. The van der Waals surface area contributed by atoms with Crippen molar-refractivity contribution >= 4 is 19.0 Å². The van der Waals surface area contributed by atoms with Crippen molar-refractivity contribution in [3.05, 3.63) is 12.3 Å². The highest BCUT2D eigenvalue weighted by Crippen LogP contribution is 2.29. The quantitative estimate of drug-likeness (QED) is 0.411. The second-order valence-electron chi connectivity index (χ2n) is 1.89. The fraction of sp³-hybridized carbons (Fsp3) is 0.600. The molecule has 0 saturated heterocycles. The summed E-state index contributed by atoms with van der Waals surface area (Å²) >= 11 is 0. The van der Waals surface area contributed by atoms with E-state index in [9.17, 15) is 0 Å². The van der Waals surface area contributed by atoms with Crippen LogP contribution in [0.5, 0.6) is 0 Å². The highest BCUT2D eigenvalue weighted by atomic mass is 29.1. The molecule has 0 aromatic heterocycles. The van der Waals surface area contributed by atoms with Gasteiger partial charge in [-0.25, -0.2) is 0 Å². The van der Waals surface area contributed by atoms with E-state index in [4.69, 9.17) is 4.43 Å². The molecule has 1 aliphatic carbocycles. The Morgan fingerprint density at radius 2 is 2.38 bits per heavy atom. The Morgan fingerprint density at radius 1 is 1.62 bits per heavy atom. The molecule has 0 aliphatic heterocycles. The lowest BCUT2D eigenvalue weighted by molar-refractivity contribution is 0.524. The lowest BCUT2D eigenvalue weighted by atomic mass is 10.4. The van der Waals surface area contributed by atoms with E-state index < -0.39 is 0 Å². The van der Waals surface area contributed by atoms with Gasteiger partial charge in [-0.2, -0.15) is 0 Å². The molecule has 0 spiro atoms. The van der Waals surface area contributed by atoms with E-state index in [0.29, 0.717) is 9.28 Å². The van der Waals surface area contributed by atoms with Gasteiger partial charge in [-0.05, 0) is 24.8 Å². The molecule has 0 amide bonds. The van der Waals surface area contributed by atoms with Gasteiger partial charge in [-0.1, -0.05) is 0 Å². The van der Waals surface area contributed by atoms with Crippen molar-refractivity contribution in [1.29, 1.82) is 0 Å². The van der Waals surface area contributed by atoms with E-state index in [0.717, 1.165) is 5.92 Å². The second kappa shape index (κ2) is 3.09. The first-order valence-electron chi connectivity index (χ1n) is 2.67. The van der Waals surface area contributed by atoms with Crippen molar-refractivity contribution in [2.45, 2.75) is 12.8 Å². The molecule has 0 heterocycles. The zero-order valence-electron chi connectivity index (χ0n) is 4.55. The van der Waals surface area contributed by atoms with Crippen LogP contribution in [-0.4, -0.2) is 19.0 Å². The smallest absolute Gasteiger partial charge is 0.277 e. The number of hydrogen-bond donors (Lipinski definition) is 0. The second-order valence-corrected chi connectivity index (χ2v) is 2.94. The van der Waals surface area contributed by atoms with Crippen LogP contribution in [0, 0.1) is 5.92 Å². The molecule has 0 bridgehead atoms. The van der Waals surface area contributed by atoms with Gasteiger partial charge in [0.2, 0.25) is 0 Å². The molecule has 1 nitrogen and oxygen atoms in total. The monoisotopic (exact) mass is 139 g/mol. The van der Waals surface area contributed by atoms with Gasteiger partial charge in [-0.3, -0.25) is 0 Å². The lowest BCUT2D eigenvalue weighted by Crippen LogP contribution is -1.88. The maximum absolute atomic E-state index is 4.95. The molecular formula is C5H7OSi2. The summed E-state index contributed by atoms with van der Waals surface area (Å²) in [5.41, 5.74) is 0. The summed E-state index contributed by atoms with van der Waals surface area (Å²) in [6.45, 7) is 0. The van der Waals surface area contributed by atoms with Crippen molar-refractivity contribution in [1.82, 2.24) is 0 Å². The van der Waals surface area contributed by atoms with Crippen molar-refractivity contribution in [3.8, 4) is 0 Å². The van der Waals surface area contributed by atoms with Crippen LogP contribution in [0.1, 0.15) is 12.8 Å². The molecule has 41 valence electrons. The minimum Gasteiger partial charge on any atom is -0.551 e. The van der Waals surface area contributed by atoms with E-state index in [1.807, 2.05) is 0 Å². The topological polar surface area (TPSA) is 9.23 Å². The fourth-order valence-corrected chi connectivity index (χ4v) is 0.824. The third kappa shape index (κ3) is 2.32. The van der Waals surface area contributed by atoms with Crippen LogP contribution in [-0.2, 0) is 4.43 Å². The minimum absolute atomic E-state index is 0.404. The Morgan fingerprint density at radius 3 is 2.88 bits per heavy atom. The van der Waals surface area contributed by atoms with E-state index in [1.165, 1.54) is 12.8 Å². The third-order valence-electron chi connectivity index (χ3n) is 1.10. The van der Waals surface area contributed by atoms with Crippen molar-refractivity contribution in [2.24, 2.45) is 5.92 Å². The summed E-state index contributed by atoms with van der Waals surface area (Å²) in [5, 5.41) is 0. The van der Waals surface area contributed by atoms with E-state index in [-0.39, 0.29) is 0 Å². The summed E-state index contributed by atoms with van der Waals surface area (Å²) in [7, 11) is 3.62. The average Bonchev–Trinajstić information content (AvgIpc) is 2.51. The predicted molar refractivity (Wildman–Crippen MR) is 34.5 cm³/mol. The largest absolute Gasteiger partial charge is 0.551 e. The Bertz CT molecular complexity index is 88.4. The van der Waals surface area contributed by atoms with Crippen LogP contribution in [0.25, 0.3) is 0 Å². The standard InChI is InChI=1S/C5H7OSi2/c7-8-6-4-3-5-1-2-5/h3-5H,1-2H2/b4-3+. The van der Waals surface area contributed by atoms with Gasteiger partial charge in [-0.15, -0.1) is 0 Å². The van der Waals surface area contributed by atoms with Crippen LogP contribution in [0.15, 0.2) is 12.3 Å². The van der Waals surface area contributed by atoms with E-state index in [2.05, 4.69) is 15.8 Å². The lowest BCUT2D eigenvalue weighted by Gasteiger charge is -1.87. The first-order valence-corrected chi connectivity index (χ1v) is 5.08. The maximum atomic E-state index is 4.95. The van der Waals surface area contributed by atoms with Gasteiger partial charge in [0, 0.05) is 0 Å². The minimum atomic E-state index is 0.404. The molecule has 1 fully saturated rings. The molecule has 0 aromatic carbocycles. The van der Waals surface area contributed by atoms with Crippen LogP contribution in [0.2, 0.25) is 0 Å². The molecular weight excluding hydrogens is 132 g/mol. The zero-order chi connectivity index (χ0) is 5.82. The summed E-state index contributed by atoms with van der Waals surface area (Å²) in [6.07, 6.45) is 6.60. The normalized spacial score (nSPS) is 19.6. The summed E-state index contributed by atoms with van der Waals surface area (Å²) in [5.74, 6) is 0.831. The molecule has 1 rings (SSSR count). The highest BCUT2D eigenvalue weighted by Gasteiger charge is 2.16. The van der Waals surface area contributed by atoms with Gasteiger partial charge < -0.3 is 4.43 Å². The third-order valence-corrected chi connectivity index (χ3v) is 1.71. The molecule has 0 atom stereocenters. The molecule has 0 unspecified atom stereocenters. The molecule has 0 N–H and O–H groups in total. The number of rotatable bonds is 3. The van der Waals surface area contributed by atoms with Crippen molar-refractivity contribution in [2.75, 3.05) is 0 Å². The molecule has 5 radical (unpaired) electrons. The first kappa shape index (κ1) is 6.10. The molecule has 1 saturated carbocycles. The predicted octanol–water partition coefficient (Wildman–Crippen LogP) is 0.629. The zero-order valence-corrected chi connectivity index (χ0v) is 6.55. The van der Waals surface area contributed by atoms with Crippen LogP contribution in [0.4, 0.5) is 0 Å². The Hall–Kier alpha value is -0.0262. The van der Waals surface area contributed by atoms with Crippen molar-refractivity contribution < 1.29 is 4.43 Å². The Kier molecular flexibility index (Phi) is 2.36. The van der Waals surface area contributed by atoms with Gasteiger partial charge in [0.15, 0.2) is 0 Å². The van der Waals surface area contributed by atoms with Crippen molar-refractivity contribution in [3.63, 3.8) is 0 Å². The van der Waals surface area contributed by atoms with Gasteiger partial charge in [0.25, 0.3) is 9.28 Å². The number of allylic oxidation sites excluding steroid dienone is 1. The Balaban J connectivity index is 1.96. The summed E-state index contributed by atoms with van der Waals surface area (Å²) in [4.78, 5) is 0. The summed E-state index contributed by atoms with van der Waals surface area (Å²) < 4.78 is 4.95. The Labute approximate surface area is 55.3 Å². The summed E-state index contributed by atoms with van der Waals surface area (Å²) in [6, 6.07) is 0. The highest BCUT2D eigenvalue weighted by molar-refractivity contribution is 6.85. The van der Waals surface area contributed by atoms with E-state index in [1.54, 1.807) is 6.26 Å². The van der Waals surface area contributed by atoms with E-state index >= 15 is 0 Å². The van der Waals surface area contributed by atoms with Gasteiger partial charge in [0.05, 0.1) is 16.0 Å². The van der Waals surface area contributed by atoms with Crippen LogP contribution >= 0.6 is 0 Å².